The van der Waals surface area contributed by atoms with Crippen molar-refractivity contribution >= 4 is 41.2 Å². The molecule has 0 radical (unpaired) electrons. The first-order chi connectivity index (χ1) is 16.9. The maximum atomic E-state index is 13.2. The molecular formula is C27H26ClN3O4. The number of ether oxygens (including phenoxy) is 1. The van der Waals surface area contributed by atoms with Crippen LogP contribution in [0, 0.1) is 0 Å². The van der Waals surface area contributed by atoms with Crippen molar-refractivity contribution in [1.29, 1.82) is 0 Å². The molecule has 3 aromatic rings. The third kappa shape index (κ3) is 5.46. The van der Waals surface area contributed by atoms with Crippen LogP contribution in [0.25, 0.3) is 6.08 Å². The number of anilines is 1. The number of halogens is 1. The van der Waals surface area contributed by atoms with E-state index in [-0.39, 0.29) is 5.57 Å². The van der Waals surface area contributed by atoms with Gasteiger partial charge in [0.05, 0.1) is 12.2 Å². The van der Waals surface area contributed by atoms with E-state index in [4.69, 9.17) is 16.3 Å². The van der Waals surface area contributed by atoms with Crippen molar-refractivity contribution in [3.05, 3.63) is 88.7 Å². The second kappa shape index (κ2) is 10.6. The van der Waals surface area contributed by atoms with E-state index in [1.807, 2.05) is 29.0 Å². The summed E-state index contributed by atoms with van der Waals surface area (Å²) >= 11 is 5.90. The molecule has 1 aromatic heterocycles. The van der Waals surface area contributed by atoms with Crippen LogP contribution >= 0.6 is 11.6 Å². The number of nitrogens with zero attached hydrogens (tertiary/aromatic N) is 2. The molecule has 4 rings (SSSR count). The lowest BCUT2D eigenvalue weighted by atomic mass is 9.98. The van der Waals surface area contributed by atoms with Crippen LogP contribution in [0.4, 0.5) is 10.5 Å². The number of carbonyl (C=O) groups is 3. The lowest BCUT2D eigenvalue weighted by Crippen LogP contribution is -2.54. The Balaban J connectivity index is 1.51. The summed E-state index contributed by atoms with van der Waals surface area (Å²) in [7, 11) is 0. The number of hydrogen-bond acceptors (Lipinski definition) is 4. The lowest BCUT2D eigenvalue weighted by molar-refractivity contribution is -0.122. The number of nitrogens with one attached hydrogen (secondary N) is 1. The molecule has 4 amide bonds. The standard InChI is InChI=1S/C27H26ClN3O4/c1-3-18(2)19-6-10-21(11-7-19)31-26(33)24(25(32)29-27(31)34)17-22-5-4-14-30(22)15-16-35-23-12-8-20(28)9-13-23/h4-14,17-18H,3,15-16H2,1-2H3,(H,29,32,34)/b24-17-/t18-/m0/s1. The van der Waals surface area contributed by atoms with Gasteiger partial charge in [0, 0.05) is 16.9 Å². The topological polar surface area (TPSA) is 80.6 Å². The molecule has 2 heterocycles. The Morgan fingerprint density at radius 3 is 2.43 bits per heavy atom. The van der Waals surface area contributed by atoms with Crippen LogP contribution in [0.15, 0.2) is 72.4 Å². The normalized spacial score (nSPS) is 15.9. The Bertz CT molecular complexity index is 1260. The van der Waals surface area contributed by atoms with Crippen molar-refractivity contribution in [2.45, 2.75) is 32.7 Å². The van der Waals surface area contributed by atoms with Gasteiger partial charge in [0.1, 0.15) is 17.9 Å². The van der Waals surface area contributed by atoms with Gasteiger partial charge in [-0.1, -0.05) is 37.6 Å². The predicted molar refractivity (Wildman–Crippen MR) is 136 cm³/mol. The number of rotatable bonds is 8. The minimum absolute atomic E-state index is 0.117. The van der Waals surface area contributed by atoms with Crippen molar-refractivity contribution in [2.24, 2.45) is 0 Å². The molecule has 0 bridgehead atoms. The maximum Gasteiger partial charge on any atom is 0.335 e. The molecule has 0 unspecified atom stereocenters. The number of hydrogen-bond donors (Lipinski definition) is 1. The van der Waals surface area contributed by atoms with E-state index >= 15 is 0 Å². The van der Waals surface area contributed by atoms with Gasteiger partial charge in [0.25, 0.3) is 11.8 Å². The van der Waals surface area contributed by atoms with Gasteiger partial charge in [0.2, 0.25) is 0 Å². The Hall–Kier alpha value is -3.84. The summed E-state index contributed by atoms with van der Waals surface area (Å²) in [5.74, 6) is -0.335. The van der Waals surface area contributed by atoms with Crippen LogP contribution in [0.2, 0.25) is 5.02 Å². The zero-order valence-electron chi connectivity index (χ0n) is 19.5. The van der Waals surface area contributed by atoms with E-state index in [2.05, 4.69) is 19.2 Å². The fraction of sp³-hybridized carbons (Fsp3) is 0.222. The molecule has 180 valence electrons. The summed E-state index contributed by atoms with van der Waals surface area (Å²) in [6.07, 6.45) is 4.31. The Morgan fingerprint density at radius 1 is 1.03 bits per heavy atom. The predicted octanol–water partition coefficient (Wildman–Crippen LogP) is 5.40. The molecule has 1 aliphatic rings. The van der Waals surface area contributed by atoms with E-state index in [1.165, 1.54) is 6.08 Å². The Kier molecular flexibility index (Phi) is 7.36. The largest absolute Gasteiger partial charge is 0.492 e. The van der Waals surface area contributed by atoms with Gasteiger partial charge in [-0.15, -0.1) is 0 Å². The first-order valence-corrected chi connectivity index (χ1v) is 11.8. The van der Waals surface area contributed by atoms with E-state index in [9.17, 15) is 14.4 Å². The molecule has 7 nitrogen and oxygen atoms in total. The molecular weight excluding hydrogens is 466 g/mol. The number of imide groups is 2. The van der Waals surface area contributed by atoms with Gasteiger partial charge >= 0.3 is 6.03 Å². The van der Waals surface area contributed by atoms with E-state index in [0.29, 0.717) is 41.2 Å². The second-order valence-electron chi connectivity index (χ2n) is 8.29. The number of benzene rings is 2. The third-order valence-electron chi connectivity index (χ3n) is 6.01. The van der Waals surface area contributed by atoms with Crippen molar-refractivity contribution in [1.82, 2.24) is 9.88 Å². The van der Waals surface area contributed by atoms with Crippen molar-refractivity contribution < 1.29 is 19.1 Å². The smallest absolute Gasteiger partial charge is 0.335 e. The van der Waals surface area contributed by atoms with E-state index in [0.717, 1.165) is 16.9 Å². The summed E-state index contributed by atoms with van der Waals surface area (Å²) in [6.45, 7) is 5.08. The molecule has 1 fully saturated rings. The van der Waals surface area contributed by atoms with Gasteiger partial charge in [0.15, 0.2) is 0 Å². The molecule has 1 N–H and O–H groups in total. The molecule has 0 aliphatic carbocycles. The third-order valence-corrected chi connectivity index (χ3v) is 6.26. The molecule has 1 aliphatic heterocycles. The highest BCUT2D eigenvalue weighted by Crippen LogP contribution is 2.26. The van der Waals surface area contributed by atoms with Crippen LogP contribution < -0.4 is 15.0 Å². The molecule has 1 atom stereocenters. The quantitative estimate of drug-likeness (QED) is 0.338. The van der Waals surface area contributed by atoms with Gasteiger partial charge in [-0.2, -0.15) is 0 Å². The summed E-state index contributed by atoms with van der Waals surface area (Å²) in [5, 5.41) is 2.90. The monoisotopic (exact) mass is 491 g/mol. The summed E-state index contributed by atoms with van der Waals surface area (Å²) in [5.41, 5.74) is 2.05. The Morgan fingerprint density at radius 2 is 1.74 bits per heavy atom. The lowest BCUT2D eigenvalue weighted by Gasteiger charge is -2.26. The number of barbiturate groups is 1. The minimum Gasteiger partial charge on any atom is -0.492 e. The molecule has 8 heteroatoms. The SMILES string of the molecule is CC[C@H](C)c1ccc(N2C(=O)NC(=O)/C(=C/c3cccn3CCOc3ccc(Cl)cc3)C2=O)cc1. The highest BCUT2D eigenvalue weighted by molar-refractivity contribution is 6.39. The number of amides is 4. The van der Waals surface area contributed by atoms with Crippen LogP contribution in [0.1, 0.15) is 37.4 Å². The van der Waals surface area contributed by atoms with Crippen molar-refractivity contribution in [3.63, 3.8) is 0 Å². The van der Waals surface area contributed by atoms with Gasteiger partial charge in [-0.25, -0.2) is 9.69 Å². The van der Waals surface area contributed by atoms with Crippen LogP contribution in [0.3, 0.4) is 0 Å². The summed E-state index contributed by atoms with van der Waals surface area (Å²) in [6, 6.07) is 17.2. The summed E-state index contributed by atoms with van der Waals surface area (Å²) in [4.78, 5) is 39.3. The average molecular weight is 492 g/mol. The first-order valence-electron chi connectivity index (χ1n) is 11.4. The van der Waals surface area contributed by atoms with Crippen molar-refractivity contribution in [2.75, 3.05) is 11.5 Å². The molecule has 0 spiro atoms. The van der Waals surface area contributed by atoms with Crippen LogP contribution in [0.5, 0.6) is 5.75 Å². The maximum absolute atomic E-state index is 13.2. The van der Waals surface area contributed by atoms with Crippen molar-refractivity contribution in [3.8, 4) is 5.75 Å². The number of carbonyl (C=O) groups excluding carboxylic acids is 3. The highest BCUT2D eigenvalue weighted by atomic mass is 35.5. The first kappa shape index (κ1) is 24.3. The van der Waals surface area contributed by atoms with Gasteiger partial charge < -0.3 is 9.30 Å². The van der Waals surface area contributed by atoms with Crippen LogP contribution in [-0.2, 0) is 16.1 Å². The van der Waals surface area contributed by atoms with E-state index in [1.54, 1.807) is 42.5 Å². The molecule has 2 aromatic carbocycles. The fourth-order valence-corrected chi connectivity index (χ4v) is 3.91. The average Bonchev–Trinajstić information content (AvgIpc) is 3.29. The fourth-order valence-electron chi connectivity index (χ4n) is 3.78. The molecule has 35 heavy (non-hydrogen) atoms. The second-order valence-corrected chi connectivity index (χ2v) is 8.72. The molecule has 1 saturated heterocycles. The zero-order valence-corrected chi connectivity index (χ0v) is 20.3. The number of urea groups is 1. The minimum atomic E-state index is -0.764. The number of aromatic nitrogens is 1. The van der Waals surface area contributed by atoms with Gasteiger partial charge in [-0.3, -0.25) is 14.9 Å². The Labute approximate surface area is 208 Å². The zero-order chi connectivity index (χ0) is 24.9. The summed E-state index contributed by atoms with van der Waals surface area (Å²) < 4.78 is 7.61. The van der Waals surface area contributed by atoms with E-state index < -0.39 is 17.8 Å². The van der Waals surface area contributed by atoms with Gasteiger partial charge in [-0.05, 0) is 72.5 Å². The highest BCUT2D eigenvalue weighted by Gasteiger charge is 2.37. The molecule has 0 saturated carbocycles. The van der Waals surface area contributed by atoms with Crippen LogP contribution in [-0.4, -0.2) is 29.0 Å².